The van der Waals surface area contributed by atoms with Crippen molar-refractivity contribution in [2.45, 2.75) is 31.7 Å². The van der Waals surface area contributed by atoms with Crippen molar-refractivity contribution in [1.82, 2.24) is 0 Å². The smallest absolute Gasteiger partial charge is 0.326 e. The van der Waals surface area contributed by atoms with Crippen LogP contribution in [0.3, 0.4) is 0 Å². The summed E-state index contributed by atoms with van der Waals surface area (Å²) in [4.78, 5) is 11.2. The van der Waals surface area contributed by atoms with Gasteiger partial charge in [-0.1, -0.05) is 18.9 Å². The molecule has 1 unspecified atom stereocenters. The molecule has 0 saturated heterocycles. The molecule has 17 heavy (non-hydrogen) atoms. The molecule has 1 aromatic carbocycles. The highest BCUT2D eigenvalue weighted by Gasteiger charge is 2.30. The van der Waals surface area contributed by atoms with Gasteiger partial charge in [0.1, 0.15) is 11.9 Å². The highest BCUT2D eigenvalue weighted by atomic mass is 19.1. The van der Waals surface area contributed by atoms with Gasteiger partial charge in [0.25, 0.3) is 0 Å². The van der Waals surface area contributed by atoms with Gasteiger partial charge in [0.2, 0.25) is 0 Å². The lowest BCUT2D eigenvalue weighted by molar-refractivity contribution is -0.139. The van der Waals surface area contributed by atoms with Crippen LogP contribution in [-0.4, -0.2) is 17.1 Å². The van der Waals surface area contributed by atoms with Crippen LogP contribution in [0.25, 0.3) is 0 Å². The molecule has 1 aromatic rings. The molecule has 92 valence electrons. The second-order valence-electron chi connectivity index (χ2n) is 4.52. The Kier molecular flexibility index (Phi) is 3.61. The zero-order valence-corrected chi connectivity index (χ0v) is 9.53. The minimum atomic E-state index is -0.860. The molecule has 2 N–H and O–H groups in total. The van der Waals surface area contributed by atoms with Crippen LogP contribution in [0.15, 0.2) is 24.3 Å². The van der Waals surface area contributed by atoms with Gasteiger partial charge in [-0.25, -0.2) is 9.18 Å². The van der Waals surface area contributed by atoms with E-state index in [-0.39, 0.29) is 11.7 Å². The maximum Gasteiger partial charge on any atom is 0.326 e. The molecular formula is C13H16FNO2. The van der Waals surface area contributed by atoms with E-state index in [9.17, 15) is 14.3 Å². The minimum absolute atomic E-state index is 0.149. The summed E-state index contributed by atoms with van der Waals surface area (Å²) in [7, 11) is 0. The van der Waals surface area contributed by atoms with E-state index in [0.717, 1.165) is 25.7 Å². The van der Waals surface area contributed by atoms with Gasteiger partial charge in [0.05, 0.1) is 0 Å². The fraction of sp³-hybridized carbons (Fsp3) is 0.462. The number of carbonyl (C=O) groups is 1. The van der Waals surface area contributed by atoms with E-state index in [4.69, 9.17) is 0 Å². The number of benzene rings is 1. The predicted molar refractivity (Wildman–Crippen MR) is 63.4 cm³/mol. The Hall–Kier alpha value is -1.58. The topological polar surface area (TPSA) is 49.3 Å². The Labute approximate surface area is 99.7 Å². The highest BCUT2D eigenvalue weighted by molar-refractivity contribution is 5.77. The highest BCUT2D eigenvalue weighted by Crippen LogP contribution is 2.29. The van der Waals surface area contributed by atoms with Crippen LogP contribution >= 0.6 is 0 Å². The van der Waals surface area contributed by atoms with E-state index >= 15 is 0 Å². The summed E-state index contributed by atoms with van der Waals surface area (Å²) in [6.45, 7) is 0. The molecule has 1 atom stereocenters. The second-order valence-corrected chi connectivity index (χ2v) is 4.52. The maximum atomic E-state index is 13.0. The number of nitrogens with one attached hydrogen (secondary N) is 1. The van der Waals surface area contributed by atoms with E-state index in [1.54, 1.807) is 12.1 Å². The van der Waals surface area contributed by atoms with Crippen molar-refractivity contribution in [3.63, 3.8) is 0 Å². The van der Waals surface area contributed by atoms with E-state index in [0.29, 0.717) is 5.69 Å². The maximum absolute atomic E-state index is 13.0. The van der Waals surface area contributed by atoms with Gasteiger partial charge in [0.15, 0.2) is 0 Å². The summed E-state index contributed by atoms with van der Waals surface area (Å²) in [5.41, 5.74) is 0.532. The monoisotopic (exact) mass is 237 g/mol. The first kappa shape index (κ1) is 11.9. The molecule has 0 heterocycles. The number of hydrogen-bond acceptors (Lipinski definition) is 2. The average Bonchev–Trinajstić information content (AvgIpc) is 2.78. The van der Waals surface area contributed by atoms with Gasteiger partial charge in [0, 0.05) is 5.69 Å². The molecule has 2 rings (SSSR count). The first-order chi connectivity index (χ1) is 8.16. The van der Waals surface area contributed by atoms with Crippen molar-refractivity contribution in [2.24, 2.45) is 5.92 Å². The van der Waals surface area contributed by atoms with Crippen molar-refractivity contribution < 1.29 is 14.3 Å². The summed E-state index contributed by atoms with van der Waals surface area (Å²) < 4.78 is 13.0. The molecule has 3 nitrogen and oxygen atoms in total. The van der Waals surface area contributed by atoms with Crippen LogP contribution < -0.4 is 5.32 Å². The van der Waals surface area contributed by atoms with Gasteiger partial charge >= 0.3 is 5.97 Å². The van der Waals surface area contributed by atoms with Crippen molar-refractivity contribution in [1.29, 1.82) is 0 Å². The Morgan fingerprint density at radius 2 is 2.12 bits per heavy atom. The Bertz CT molecular complexity index is 402. The molecule has 0 bridgehead atoms. The Morgan fingerprint density at radius 1 is 1.41 bits per heavy atom. The van der Waals surface area contributed by atoms with Crippen LogP contribution in [0.4, 0.5) is 10.1 Å². The predicted octanol–water partition coefficient (Wildman–Crippen LogP) is 2.88. The molecule has 1 saturated carbocycles. The molecule has 0 radical (unpaired) electrons. The molecular weight excluding hydrogens is 221 g/mol. The number of anilines is 1. The van der Waals surface area contributed by atoms with E-state index < -0.39 is 12.0 Å². The van der Waals surface area contributed by atoms with Crippen LogP contribution in [0.2, 0.25) is 0 Å². The molecule has 1 aliphatic rings. The second kappa shape index (κ2) is 5.17. The molecule has 0 aromatic heterocycles. The number of carboxylic acids is 1. The molecule has 1 aliphatic carbocycles. The summed E-state index contributed by atoms with van der Waals surface area (Å²) in [6, 6.07) is 5.32. The lowest BCUT2D eigenvalue weighted by Crippen LogP contribution is -2.35. The largest absolute Gasteiger partial charge is 0.480 e. The van der Waals surface area contributed by atoms with Crippen LogP contribution in [0.5, 0.6) is 0 Å². The van der Waals surface area contributed by atoms with Crippen LogP contribution in [0.1, 0.15) is 25.7 Å². The SMILES string of the molecule is O=C(O)C(Nc1cccc(F)c1)C1CCCC1. The molecule has 0 spiro atoms. The van der Waals surface area contributed by atoms with E-state index in [1.165, 1.54) is 12.1 Å². The van der Waals surface area contributed by atoms with Gasteiger partial charge in [-0.15, -0.1) is 0 Å². The van der Waals surface area contributed by atoms with Crippen molar-refractivity contribution >= 4 is 11.7 Å². The lowest BCUT2D eigenvalue weighted by Gasteiger charge is -2.21. The van der Waals surface area contributed by atoms with Gasteiger partial charge < -0.3 is 10.4 Å². The summed E-state index contributed by atoms with van der Waals surface area (Å²) in [5.74, 6) is -1.07. The number of carboxylic acid groups (broad SMARTS) is 1. The average molecular weight is 237 g/mol. The first-order valence-corrected chi connectivity index (χ1v) is 5.92. The van der Waals surface area contributed by atoms with Gasteiger partial charge in [-0.3, -0.25) is 0 Å². The Morgan fingerprint density at radius 3 is 2.71 bits per heavy atom. The zero-order chi connectivity index (χ0) is 12.3. The minimum Gasteiger partial charge on any atom is -0.480 e. The zero-order valence-electron chi connectivity index (χ0n) is 9.53. The Balaban J connectivity index is 2.09. The van der Waals surface area contributed by atoms with Gasteiger partial charge in [-0.05, 0) is 37.0 Å². The third kappa shape index (κ3) is 2.96. The summed E-state index contributed by atoms with van der Waals surface area (Å²) in [6.07, 6.45) is 4.02. The normalized spacial score (nSPS) is 17.9. The number of halogens is 1. The number of aliphatic carboxylic acids is 1. The third-order valence-electron chi connectivity index (χ3n) is 3.28. The number of hydrogen-bond donors (Lipinski definition) is 2. The fourth-order valence-corrected chi connectivity index (χ4v) is 2.43. The van der Waals surface area contributed by atoms with Crippen molar-refractivity contribution in [2.75, 3.05) is 5.32 Å². The van der Waals surface area contributed by atoms with Gasteiger partial charge in [-0.2, -0.15) is 0 Å². The lowest BCUT2D eigenvalue weighted by atomic mass is 9.98. The van der Waals surface area contributed by atoms with E-state index in [2.05, 4.69) is 5.32 Å². The van der Waals surface area contributed by atoms with Crippen LogP contribution in [-0.2, 0) is 4.79 Å². The molecule has 4 heteroatoms. The standard InChI is InChI=1S/C13H16FNO2/c14-10-6-3-7-11(8-10)15-12(13(16)17)9-4-1-2-5-9/h3,6-9,12,15H,1-2,4-5H2,(H,16,17). The fourth-order valence-electron chi connectivity index (χ4n) is 2.43. The molecule has 0 aliphatic heterocycles. The molecule has 1 fully saturated rings. The summed E-state index contributed by atoms with van der Waals surface area (Å²) >= 11 is 0. The van der Waals surface area contributed by atoms with Crippen LogP contribution in [0, 0.1) is 11.7 Å². The summed E-state index contributed by atoms with van der Waals surface area (Å²) in [5, 5.41) is 12.1. The quantitative estimate of drug-likeness (QED) is 0.846. The first-order valence-electron chi connectivity index (χ1n) is 5.92. The third-order valence-corrected chi connectivity index (χ3v) is 3.28. The van der Waals surface area contributed by atoms with Crippen molar-refractivity contribution in [3.05, 3.63) is 30.1 Å². The van der Waals surface area contributed by atoms with Crippen molar-refractivity contribution in [3.8, 4) is 0 Å². The van der Waals surface area contributed by atoms with E-state index in [1.807, 2.05) is 0 Å². The molecule has 0 amide bonds. The number of rotatable bonds is 4.